The van der Waals surface area contributed by atoms with Crippen molar-refractivity contribution in [1.82, 2.24) is 24.8 Å². The molecular formula is C24H35N7O2. The number of carbonyl (C=O) groups excluding carboxylic acids is 1. The predicted molar refractivity (Wildman–Crippen MR) is 132 cm³/mol. The largest absolute Gasteiger partial charge is 0.444 e. The van der Waals surface area contributed by atoms with Crippen LogP contribution in [0.1, 0.15) is 46.1 Å². The monoisotopic (exact) mass is 453 g/mol. The minimum Gasteiger partial charge on any atom is -0.444 e. The molecule has 1 amide bonds. The molecule has 0 fully saturated rings. The minimum atomic E-state index is -0.491. The summed E-state index contributed by atoms with van der Waals surface area (Å²) in [5.41, 5.74) is 9.03. The Balaban J connectivity index is 1.65. The molecule has 0 aliphatic rings. The number of nitrogens with zero attached hydrogens (tertiary/aromatic N) is 4. The average Bonchev–Trinajstić information content (AvgIpc) is 3.15. The minimum absolute atomic E-state index is 0.376. The van der Waals surface area contributed by atoms with E-state index >= 15 is 0 Å². The van der Waals surface area contributed by atoms with Crippen LogP contribution in [-0.2, 0) is 11.3 Å². The van der Waals surface area contributed by atoms with Crippen molar-refractivity contribution in [2.45, 2.75) is 52.7 Å². The van der Waals surface area contributed by atoms with Gasteiger partial charge in [-0.2, -0.15) is 5.10 Å². The van der Waals surface area contributed by atoms with Gasteiger partial charge in [-0.15, -0.1) is 0 Å². The molecular weight excluding hydrogens is 418 g/mol. The van der Waals surface area contributed by atoms with E-state index in [0.717, 1.165) is 55.1 Å². The number of fused-ring (bicyclic) bond motifs is 1. The number of aromatic nitrogens is 3. The third-order valence-electron chi connectivity index (χ3n) is 4.96. The number of nitrogens with two attached hydrogens (primary N) is 1. The van der Waals surface area contributed by atoms with E-state index in [1.54, 1.807) is 6.33 Å². The van der Waals surface area contributed by atoms with Crippen molar-refractivity contribution in [1.29, 1.82) is 0 Å². The summed E-state index contributed by atoms with van der Waals surface area (Å²) in [7, 11) is 0. The van der Waals surface area contributed by atoms with Gasteiger partial charge in [0.15, 0.2) is 5.82 Å². The summed E-state index contributed by atoms with van der Waals surface area (Å²) >= 11 is 0. The maximum absolute atomic E-state index is 11.9. The summed E-state index contributed by atoms with van der Waals surface area (Å²) in [6.45, 7) is 10.9. The molecule has 4 N–H and O–H groups in total. The van der Waals surface area contributed by atoms with Crippen molar-refractivity contribution in [3.05, 3.63) is 48.4 Å². The maximum Gasteiger partial charge on any atom is 0.407 e. The molecule has 0 bridgehead atoms. The molecule has 0 spiro atoms. The van der Waals surface area contributed by atoms with Crippen molar-refractivity contribution in [2.75, 3.05) is 30.7 Å². The SMILES string of the molecule is CCCN(CCCNC(=O)OC(C)(C)C)Cc1ccn2ncnc(Nc3ccc(N)cc3)c12. The Morgan fingerprint density at radius 3 is 2.64 bits per heavy atom. The molecule has 9 heteroatoms. The number of benzene rings is 1. The Labute approximate surface area is 195 Å². The highest BCUT2D eigenvalue weighted by molar-refractivity contribution is 5.76. The zero-order valence-electron chi connectivity index (χ0n) is 20.0. The van der Waals surface area contributed by atoms with Crippen molar-refractivity contribution < 1.29 is 9.53 Å². The molecule has 0 aliphatic carbocycles. The standard InChI is InChI=1S/C24H35N7O2/c1-5-13-30(14-6-12-26-23(32)33-24(2,3)4)16-18-11-15-31-21(18)22(27-17-28-31)29-20-9-7-19(25)8-10-20/h7-11,15,17H,5-6,12-14,16,25H2,1-4H3,(H,26,32)(H,27,28,29). The van der Waals surface area contributed by atoms with Crippen LogP contribution in [-0.4, -0.2) is 50.8 Å². The highest BCUT2D eigenvalue weighted by Crippen LogP contribution is 2.24. The van der Waals surface area contributed by atoms with E-state index < -0.39 is 5.60 Å². The lowest BCUT2D eigenvalue weighted by Crippen LogP contribution is -2.34. The molecule has 0 unspecified atom stereocenters. The van der Waals surface area contributed by atoms with E-state index in [9.17, 15) is 4.79 Å². The van der Waals surface area contributed by atoms with E-state index in [4.69, 9.17) is 10.5 Å². The van der Waals surface area contributed by atoms with Crippen LogP contribution in [0.15, 0.2) is 42.9 Å². The lowest BCUT2D eigenvalue weighted by molar-refractivity contribution is 0.0525. The van der Waals surface area contributed by atoms with Crippen LogP contribution in [0.4, 0.5) is 22.0 Å². The van der Waals surface area contributed by atoms with Crippen LogP contribution in [0.3, 0.4) is 0 Å². The Morgan fingerprint density at radius 1 is 1.18 bits per heavy atom. The van der Waals surface area contributed by atoms with E-state index in [2.05, 4.69) is 38.6 Å². The van der Waals surface area contributed by atoms with Gasteiger partial charge in [0.2, 0.25) is 0 Å². The second-order valence-corrected chi connectivity index (χ2v) is 9.05. The lowest BCUT2D eigenvalue weighted by atomic mass is 10.2. The van der Waals surface area contributed by atoms with Crippen molar-refractivity contribution in [3.63, 3.8) is 0 Å². The summed E-state index contributed by atoms with van der Waals surface area (Å²) in [6.07, 6.45) is 4.99. The Hall–Kier alpha value is -3.33. The first-order chi connectivity index (χ1) is 15.7. The number of hydrogen-bond donors (Lipinski definition) is 3. The average molecular weight is 454 g/mol. The van der Waals surface area contributed by atoms with Crippen LogP contribution in [0.2, 0.25) is 0 Å². The van der Waals surface area contributed by atoms with E-state index in [0.29, 0.717) is 12.2 Å². The molecule has 3 rings (SSSR count). The zero-order valence-corrected chi connectivity index (χ0v) is 20.0. The fraction of sp³-hybridized carbons (Fsp3) is 0.458. The number of nitrogens with one attached hydrogen (secondary N) is 2. The zero-order chi connectivity index (χ0) is 23.8. The summed E-state index contributed by atoms with van der Waals surface area (Å²) in [5.74, 6) is 0.748. The van der Waals surface area contributed by atoms with Crippen LogP contribution in [0, 0.1) is 0 Å². The highest BCUT2D eigenvalue weighted by atomic mass is 16.6. The van der Waals surface area contributed by atoms with Gasteiger partial charge in [-0.3, -0.25) is 4.90 Å². The summed E-state index contributed by atoms with van der Waals surface area (Å²) in [4.78, 5) is 18.7. The number of rotatable bonds is 10. The van der Waals surface area contributed by atoms with Gasteiger partial charge in [0, 0.05) is 37.2 Å². The van der Waals surface area contributed by atoms with Crippen molar-refractivity contribution >= 4 is 28.8 Å². The maximum atomic E-state index is 11.9. The van der Waals surface area contributed by atoms with Crippen LogP contribution in [0.5, 0.6) is 0 Å². The van der Waals surface area contributed by atoms with Gasteiger partial charge in [0.1, 0.15) is 17.4 Å². The van der Waals surface area contributed by atoms with Gasteiger partial charge in [-0.05, 0) is 76.1 Å². The van der Waals surface area contributed by atoms with Crippen LogP contribution >= 0.6 is 0 Å². The van der Waals surface area contributed by atoms with E-state index in [-0.39, 0.29) is 6.09 Å². The first kappa shape index (κ1) is 24.3. The van der Waals surface area contributed by atoms with Gasteiger partial charge >= 0.3 is 6.09 Å². The number of nitrogen functional groups attached to an aromatic ring is 1. The highest BCUT2D eigenvalue weighted by Gasteiger charge is 2.16. The molecule has 0 radical (unpaired) electrons. The Morgan fingerprint density at radius 2 is 1.94 bits per heavy atom. The molecule has 0 atom stereocenters. The van der Waals surface area contributed by atoms with Crippen molar-refractivity contribution in [3.8, 4) is 0 Å². The number of amides is 1. The third kappa shape index (κ3) is 7.35. The number of anilines is 3. The molecule has 3 aromatic rings. The third-order valence-corrected chi connectivity index (χ3v) is 4.96. The van der Waals surface area contributed by atoms with Crippen LogP contribution in [0.25, 0.3) is 5.52 Å². The lowest BCUT2D eigenvalue weighted by Gasteiger charge is -2.22. The molecule has 2 heterocycles. The topological polar surface area (TPSA) is 110 Å². The quantitative estimate of drug-likeness (QED) is 0.312. The Kier molecular flexibility index (Phi) is 8.11. The number of alkyl carbamates (subject to hydrolysis) is 1. The number of carbonyl (C=O) groups is 1. The smallest absolute Gasteiger partial charge is 0.407 e. The molecule has 0 saturated carbocycles. The predicted octanol–water partition coefficient (Wildman–Crippen LogP) is 4.18. The first-order valence-electron chi connectivity index (χ1n) is 11.4. The number of hydrogen-bond acceptors (Lipinski definition) is 7. The number of ether oxygens (including phenoxy) is 1. The van der Waals surface area contributed by atoms with Gasteiger partial charge in [0.05, 0.1) is 0 Å². The second-order valence-electron chi connectivity index (χ2n) is 9.05. The molecule has 9 nitrogen and oxygen atoms in total. The van der Waals surface area contributed by atoms with Gasteiger partial charge in [-0.1, -0.05) is 6.92 Å². The normalized spacial score (nSPS) is 11.7. The van der Waals surface area contributed by atoms with Gasteiger partial charge < -0.3 is 21.1 Å². The van der Waals surface area contributed by atoms with E-state index in [1.165, 1.54) is 0 Å². The van der Waals surface area contributed by atoms with Crippen LogP contribution < -0.4 is 16.4 Å². The van der Waals surface area contributed by atoms with E-state index in [1.807, 2.05) is 55.7 Å². The molecule has 2 aromatic heterocycles. The fourth-order valence-corrected chi connectivity index (χ4v) is 3.57. The molecule has 1 aromatic carbocycles. The summed E-state index contributed by atoms with van der Waals surface area (Å²) < 4.78 is 7.14. The van der Waals surface area contributed by atoms with Gasteiger partial charge in [-0.25, -0.2) is 14.3 Å². The fourth-order valence-electron chi connectivity index (χ4n) is 3.57. The first-order valence-corrected chi connectivity index (χ1v) is 11.4. The second kappa shape index (κ2) is 11.0. The summed E-state index contributed by atoms with van der Waals surface area (Å²) in [5, 5.41) is 10.6. The molecule has 33 heavy (non-hydrogen) atoms. The molecule has 178 valence electrons. The van der Waals surface area contributed by atoms with Gasteiger partial charge in [0.25, 0.3) is 0 Å². The molecule has 0 saturated heterocycles. The molecule has 0 aliphatic heterocycles. The summed E-state index contributed by atoms with van der Waals surface area (Å²) in [6, 6.07) is 9.65. The Bertz CT molecular complexity index is 1040. The van der Waals surface area contributed by atoms with Crippen molar-refractivity contribution in [2.24, 2.45) is 0 Å².